The Morgan fingerprint density at radius 3 is 2.40 bits per heavy atom. The highest BCUT2D eigenvalue weighted by atomic mass is 15.2. The first kappa shape index (κ1) is 23.8. The molecule has 0 amide bonds. The number of allylic oxidation sites excluding steroid dienone is 2. The molecule has 0 N–H and O–H groups in total. The average molecular weight is 470 g/mol. The standard InChI is InChI=1S/C34H47N/c1-32(2,3)35(6)27-17-19-33(4)26(22-27)13-14-28-30-16-15-29(34(30,5)20-18-31(28)33)25-12-11-23-9-7-8-10-24(23)21-25/h7-12,15,21,26-28,30-31H,13-14,16-20,22H2,1-6H3/t26-,27-,28-,30-,31-,33-,34+/m0/s1. The maximum Gasteiger partial charge on any atom is 0.0124 e. The Kier molecular flexibility index (Phi) is 5.57. The van der Waals surface area contributed by atoms with E-state index in [4.69, 9.17) is 0 Å². The smallest absolute Gasteiger partial charge is 0.0124 e. The van der Waals surface area contributed by atoms with Gasteiger partial charge in [0.25, 0.3) is 0 Å². The lowest BCUT2D eigenvalue weighted by Crippen LogP contribution is -2.56. The molecule has 4 aliphatic rings. The minimum Gasteiger partial charge on any atom is -0.299 e. The van der Waals surface area contributed by atoms with Gasteiger partial charge in [0.05, 0.1) is 0 Å². The predicted octanol–water partition coefficient (Wildman–Crippen LogP) is 8.97. The van der Waals surface area contributed by atoms with E-state index in [0.29, 0.717) is 10.8 Å². The predicted molar refractivity (Wildman–Crippen MR) is 150 cm³/mol. The van der Waals surface area contributed by atoms with Crippen LogP contribution in [0.2, 0.25) is 0 Å². The number of rotatable bonds is 2. The van der Waals surface area contributed by atoms with Crippen molar-refractivity contribution in [2.75, 3.05) is 7.05 Å². The quantitative estimate of drug-likeness (QED) is 0.424. The van der Waals surface area contributed by atoms with Gasteiger partial charge in [0.15, 0.2) is 0 Å². The Morgan fingerprint density at radius 2 is 1.63 bits per heavy atom. The van der Waals surface area contributed by atoms with E-state index in [1.807, 2.05) is 0 Å². The van der Waals surface area contributed by atoms with Crippen molar-refractivity contribution in [3.8, 4) is 0 Å². The topological polar surface area (TPSA) is 3.24 Å². The molecule has 0 radical (unpaired) electrons. The summed E-state index contributed by atoms with van der Waals surface area (Å²) >= 11 is 0. The van der Waals surface area contributed by atoms with Gasteiger partial charge in [-0.15, -0.1) is 0 Å². The highest BCUT2D eigenvalue weighted by molar-refractivity contribution is 5.87. The van der Waals surface area contributed by atoms with Crippen molar-refractivity contribution in [3.05, 3.63) is 54.1 Å². The highest BCUT2D eigenvalue weighted by Gasteiger charge is 2.59. The summed E-state index contributed by atoms with van der Waals surface area (Å²) in [6.07, 6.45) is 14.0. The van der Waals surface area contributed by atoms with Gasteiger partial charge in [0, 0.05) is 11.6 Å². The first-order valence-corrected chi connectivity index (χ1v) is 14.5. The summed E-state index contributed by atoms with van der Waals surface area (Å²) in [7, 11) is 2.38. The molecule has 0 aliphatic heterocycles. The van der Waals surface area contributed by atoms with E-state index < -0.39 is 0 Å². The van der Waals surface area contributed by atoms with E-state index in [9.17, 15) is 0 Å². The Morgan fingerprint density at radius 1 is 0.857 bits per heavy atom. The molecular formula is C34H47N. The molecule has 2 aromatic rings. The molecule has 2 aromatic carbocycles. The van der Waals surface area contributed by atoms with Gasteiger partial charge in [-0.25, -0.2) is 0 Å². The van der Waals surface area contributed by atoms with Crippen LogP contribution >= 0.6 is 0 Å². The van der Waals surface area contributed by atoms with Gasteiger partial charge in [0.2, 0.25) is 0 Å². The SMILES string of the molecule is CN([C@H]1CC[C@@]2(C)[C@@H](CC[C@@H]3[C@@H]2CC[C@]2(C)C(c4ccc5ccccc5c4)=CC[C@@H]32)C1)C(C)(C)C. The van der Waals surface area contributed by atoms with Crippen LogP contribution in [0.1, 0.15) is 91.5 Å². The van der Waals surface area contributed by atoms with Crippen LogP contribution in [0.3, 0.4) is 0 Å². The number of hydrogen-bond donors (Lipinski definition) is 0. The fourth-order valence-electron chi connectivity index (χ4n) is 9.51. The Balaban J connectivity index is 1.23. The average Bonchev–Trinajstić information content (AvgIpc) is 3.19. The largest absolute Gasteiger partial charge is 0.299 e. The zero-order valence-corrected chi connectivity index (χ0v) is 23.1. The summed E-state index contributed by atoms with van der Waals surface area (Å²) in [5.74, 6) is 3.62. The molecule has 3 fully saturated rings. The number of fused-ring (bicyclic) bond motifs is 6. The van der Waals surface area contributed by atoms with E-state index in [1.54, 1.807) is 5.57 Å². The van der Waals surface area contributed by atoms with Crippen LogP contribution < -0.4 is 0 Å². The molecule has 0 bridgehead atoms. The van der Waals surface area contributed by atoms with Crippen LogP contribution in [-0.2, 0) is 0 Å². The van der Waals surface area contributed by atoms with Crippen LogP contribution in [0.15, 0.2) is 48.5 Å². The van der Waals surface area contributed by atoms with Crippen molar-refractivity contribution in [1.82, 2.24) is 4.90 Å². The van der Waals surface area contributed by atoms with Crippen molar-refractivity contribution in [1.29, 1.82) is 0 Å². The molecule has 0 unspecified atom stereocenters. The van der Waals surface area contributed by atoms with Gasteiger partial charge in [-0.3, -0.25) is 4.90 Å². The van der Waals surface area contributed by atoms with Crippen LogP contribution in [0.4, 0.5) is 0 Å². The van der Waals surface area contributed by atoms with E-state index >= 15 is 0 Å². The summed E-state index contributed by atoms with van der Waals surface area (Å²) in [6, 6.07) is 16.8. The molecular weight excluding hydrogens is 422 g/mol. The first-order chi connectivity index (χ1) is 16.6. The third kappa shape index (κ3) is 3.66. The molecule has 1 nitrogen and oxygen atoms in total. The molecule has 6 rings (SSSR count). The molecule has 188 valence electrons. The highest BCUT2D eigenvalue weighted by Crippen LogP contribution is 2.67. The molecule has 0 heterocycles. The monoisotopic (exact) mass is 469 g/mol. The van der Waals surface area contributed by atoms with Gasteiger partial charge >= 0.3 is 0 Å². The second-order valence-electron chi connectivity index (χ2n) is 14.2. The van der Waals surface area contributed by atoms with E-state index in [2.05, 4.69) is 95.1 Å². The normalized spacial score (nSPS) is 39.2. The van der Waals surface area contributed by atoms with Crippen LogP contribution in [0.25, 0.3) is 16.3 Å². The lowest BCUT2D eigenvalue weighted by Gasteiger charge is -2.62. The number of benzene rings is 2. The Labute approximate surface area is 214 Å². The van der Waals surface area contributed by atoms with Crippen LogP contribution in [-0.4, -0.2) is 23.5 Å². The fourth-order valence-corrected chi connectivity index (χ4v) is 9.51. The maximum absolute atomic E-state index is 2.72. The minimum absolute atomic E-state index is 0.275. The Bertz CT molecular complexity index is 1140. The maximum atomic E-state index is 2.72. The molecule has 35 heavy (non-hydrogen) atoms. The van der Waals surface area contributed by atoms with E-state index in [0.717, 1.165) is 29.7 Å². The van der Waals surface area contributed by atoms with Crippen LogP contribution in [0, 0.1) is 34.5 Å². The molecule has 0 saturated heterocycles. The van der Waals surface area contributed by atoms with Gasteiger partial charge in [-0.2, -0.15) is 0 Å². The third-order valence-corrected chi connectivity index (χ3v) is 11.9. The van der Waals surface area contributed by atoms with Crippen LogP contribution in [0.5, 0.6) is 0 Å². The summed E-state index contributed by atoms with van der Waals surface area (Å²) in [5, 5.41) is 2.75. The van der Waals surface area contributed by atoms with Crippen molar-refractivity contribution in [3.63, 3.8) is 0 Å². The first-order valence-electron chi connectivity index (χ1n) is 14.5. The molecule has 1 heteroatoms. The second kappa shape index (κ2) is 8.20. The van der Waals surface area contributed by atoms with Gasteiger partial charge < -0.3 is 0 Å². The summed E-state index contributed by atoms with van der Waals surface area (Å²) in [5.41, 5.74) is 4.34. The molecule has 3 saturated carbocycles. The summed E-state index contributed by atoms with van der Waals surface area (Å²) in [6.45, 7) is 12.5. The van der Waals surface area contributed by atoms with Crippen molar-refractivity contribution in [2.24, 2.45) is 34.5 Å². The number of nitrogens with zero attached hydrogens (tertiary/aromatic N) is 1. The summed E-state index contributed by atoms with van der Waals surface area (Å²) in [4.78, 5) is 2.69. The van der Waals surface area contributed by atoms with Gasteiger partial charge in [-0.1, -0.05) is 56.3 Å². The summed E-state index contributed by atoms with van der Waals surface area (Å²) < 4.78 is 0. The molecule has 7 atom stereocenters. The van der Waals surface area contributed by atoms with E-state index in [1.165, 1.54) is 67.7 Å². The van der Waals surface area contributed by atoms with Gasteiger partial charge in [-0.05, 0) is 142 Å². The molecule has 0 aromatic heterocycles. The third-order valence-electron chi connectivity index (χ3n) is 11.9. The number of hydrogen-bond acceptors (Lipinski definition) is 1. The van der Waals surface area contributed by atoms with Crippen molar-refractivity contribution < 1.29 is 0 Å². The molecule has 0 spiro atoms. The molecule has 4 aliphatic carbocycles. The lowest BCUT2D eigenvalue weighted by atomic mass is 9.44. The van der Waals surface area contributed by atoms with Gasteiger partial charge in [0.1, 0.15) is 0 Å². The minimum atomic E-state index is 0.275. The zero-order valence-electron chi connectivity index (χ0n) is 23.1. The van der Waals surface area contributed by atoms with Crippen molar-refractivity contribution in [2.45, 2.75) is 97.6 Å². The zero-order chi connectivity index (χ0) is 24.6. The van der Waals surface area contributed by atoms with Crippen molar-refractivity contribution >= 4 is 16.3 Å². The second-order valence-corrected chi connectivity index (χ2v) is 14.2. The van der Waals surface area contributed by atoms with E-state index in [-0.39, 0.29) is 5.54 Å². The Hall–Kier alpha value is -1.60. The fraction of sp³-hybridized carbons (Fsp3) is 0.647. The lowest BCUT2D eigenvalue weighted by molar-refractivity contribution is -0.112.